The first-order chi connectivity index (χ1) is 7.48. The zero-order valence-electron chi connectivity index (χ0n) is 8.80. The molecule has 0 radical (unpaired) electrons. The number of anilines is 1. The van der Waals surface area contributed by atoms with Crippen LogP contribution in [0, 0.1) is 0 Å². The second-order valence-corrected chi connectivity index (χ2v) is 4.13. The fraction of sp³-hybridized carbons (Fsp3) is 0.250. The number of rotatable bonds is 5. The minimum absolute atomic E-state index is 0.353. The summed E-state index contributed by atoms with van der Waals surface area (Å²) in [7, 11) is -1.44. The van der Waals surface area contributed by atoms with Gasteiger partial charge in [0, 0.05) is 0 Å². The normalized spacial score (nSPS) is 11.0. The number of para-hydroxylation sites is 1. The lowest BCUT2D eigenvalue weighted by atomic mass is 10.3. The van der Waals surface area contributed by atoms with Gasteiger partial charge in [0.25, 0.3) is 0 Å². The quantitative estimate of drug-likeness (QED) is 0.450. The summed E-state index contributed by atoms with van der Waals surface area (Å²) in [6.45, 7) is 0. The zero-order valence-corrected chi connectivity index (χ0v) is 9.69. The van der Waals surface area contributed by atoms with Crippen molar-refractivity contribution >= 4 is 13.4 Å². The van der Waals surface area contributed by atoms with Gasteiger partial charge >= 0.3 is 7.75 Å². The van der Waals surface area contributed by atoms with Crippen LogP contribution in [-0.2, 0) is 4.57 Å². The molecule has 8 heteroatoms. The summed E-state index contributed by atoms with van der Waals surface area (Å²) >= 11 is 0. The van der Waals surface area contributed by atoms with Crippen molar-refractivity contribution in [3.63, 3.8) is 0 Å². The van der Waals surface area contributed by atoms with Crippen LogP contribution >= 0.6 is 7.75 Å². The van der Waals surface area contributed by atoms with E-state index in [4.69, 9.17) is 19.3 Å². The summed E-state index contributed by atoms with van der Waals surface area (Å²) in [4.78, 5) is 17.3. The first-order valence-electron chi connectivity index (χ1n) is 4.27. The fourth-order valence-electron chi connectivity index (χ4n) is 1.12. The van der Waals surface area contributed by atoms with Crippen molar-refractivity contribution in [2.45, 2.75) is 0 Å². The van der Waals surface area contributed by atoms with E-state index in [1.165, 1.54) is 14.2 Å². The lowest BCUT2D eigenvalue weighted by molar-refractivity contribution is 0.353. The van der Waals surface area contributed by atoms with E-state index in [0.29, 0.717) is 17.2 Å². The van der Waals surface area contributed by atoms with Crippen LogP contribution in [0.2, 0.25) is 0 Å². The maximum atomic E-state index is 10.6. The molecule has 0 heterocycles. The van der Waals surface area contributed by atoms with Gasteiger partial charge in [-0.1, -0.05) is 6.07 Å². The number of hydrogen-bond donors (Lipinski definition) is 4. The second-order valence-electron chi connectivity index (χ2n) is 2.82. The van der Waals surface area contributed by atoms with Gasteiger partial charge in [-0.05, 0) is 12.1 Å². The highest BCUT2D eigenvalue weighted by Crippen LogP contribution is 2.36. The largest absolute Gasteiger partial charge is 0.493 e. The Labute approximate surface area is 92.6 Å². The molecule has 0 aliphatic carbocycles. The topological polar surface area (TPSA) is 100 Å². The summed E-state index contributed by atoms with van der Waals surface area (Å²) < 4.78 is 20.7. The molecule has 0 aromatic heterocycles. The van der Waals surface area contributed by atoms with Crippen LogP contribution in [0.5, 0.6) is 11.5 Å². The molecule has 90 valence electrons. The molecule has 0 bridgehead atoms. The molecule has 0 aliphatic rings. The minimum atomic E-state index is -4.34. The van der Waals surface area contributed by atoms with Crippen molar-refractivity contribution in [2.24, 2.45) is 0 Å². The van der Waals surface area contributed by atoms with Crippen molar-refractivity contribution in [1.82, 2.24) is 5.20 Å². The van der Waals surface area contributed by atoms with Gasteiger partial charge in [0.15, 0.2) is 11.5 Å². The van der Waals surface area contributed by atoms with Gasteiger partial charge in [0.1, 0.15) is 0 Å². The Kier molecular flexibility index (Phi) is 4.14. The van der Waals surface area contributed by atoms with Crippen molar-refractivity contribution < 1.29 is 23.8 Å². The summed E-state index contributed by atoms with van der Waals surface area (Å²) in [6.07, 6.45) is 0. The summed E-state index contributed by atoms with van der Waals surface area (Å²) in [6, 6.07) is 4.91. The fourth-order valence-corrected chi connectivity index (χ4v) is 1.38. The standard InChI is InChI=1S/C8H13N2O5P/c1-14-7-5-3-4-6(8(7)15-2)9-10-16(11,12)13/h3-5,9H,1-2H3,(H3,10,11,12,13). The van der Waals surface area contributed by atoms with E-state index in [0.717, 1.165) is 0 Å². The van der Waals surface area contributed by atoms with E-state index in [1.54, 1.807) is 18.2 Å². The number of hydrazine groups is 1. The molecule has 1 aromatic rings. The predicted octanol–water partition coefficient (Wildman–Crippen LogP) is 0.713. The molecule has 4 N–H and O–H groups in total. The lowest BCUT2D eigenvalue weighted by Gasteiger charge is -2.14. The van der Waals surface area contributed by atoms with Crippen molar-refractivity contribution in [3.8, 4) is 11.5 Å². The Morgan fingerprint density at radius 1 is 1.25 bits per heavy atom. The maximum Gasteiger partial charge on any atom is 0.417 e. The highest BCUT2D eigenvalue weighted by Gasteiger charge is 2.14. The van der Waals surface area contributed by atoms with E-state index in [2.05, 4.69) is 5.43 Å². The van der Waals surface area contributed by atoms with E-state index in [1.807, 2.05) is 5.20 Å². The maximum absolute atomic E-state index is 10.6. The molecule has 0 saturated carbocycles. The Hall–Kier alpha value is -1.27. The number of ether oxygens (including phenoxy) is 2. The summed E-state index contributed by atoms with van der Waals surface area (Å²) in [5.41, 5.74) is 2.73. The molecule has 0 aliphatic heterocycles. The molecule has 0 saturated heterocycles. The van der Waals surface area contributed by atoms with Crippen LogP contribution in [0.3, 0.4) is 0 Å². The molecule has 0 fully saturated rings. The third kappa shape index (κ3) is 3.39. The Morgan fingerprint density at radius 2 is 1.94 bits per heavy atom. The average Bonchev–Trinajstić information content (AvgIpc) is 2.24. The van der Waals surface area contributed by atoms with Gasteiger partial charge in [-0.25, -0.2) is 4.57 Å². The molecule has 1 rings (SSSR count). The van der Waals surface area contributed by atoms with Gasteiger partial charge in [-0.3, -0.25) is 0 Å². The molecule has 7 nitrogen and oxygen atoms in total. The van der Waals surface area contributed by atoms with E-state index >= 15 is 0 Å². The molecule has 0 amide bonds. The van der Waals surface area contributed by atoms with Crippen LogP contribution in [-0.4, -0.2) is 24.0 Å². The van der Waals surface area contributed by atoms with Gasteiger partial charge in [0.2, 0.25) is 0 Å². The van der Waals surface area contributed by atoms with E-state index in [-0.39, 0.29) is 0 Å². The van der Waals surface area contributed by atoms with Crippen LogP contribution in [0.1, 0.15) is 0 Å². The molecular weight excluding hydrogens is 235 g/mol. The third-order valence-corrected chi connectivity index (χ3v) is 2.14. The highest BCUT2D eigenvalue weighted by atomic mass is 31.2. The minimum Gasteiger partial charge on any atom is -0.493 e. The number of methoxy groups -OCH3 is 2. The Bertz CT molecular complexity index is 405. The van der Waals surface area contributed by atoms with Gasteiger partial charge in [-0.2, -0.15) is 0 Å². The van der Waals surface area contributed by atoms with Crippen LogP contribution in [0.15, 0.2) is 18.2 Å². The zero-order chi connectivity index (χ0) is 12.2. The number of benzene rings is 1. The van der Waals surface area contributed by atoms with E-state index in [9.17, 15) is 4.57 Å². The van der Waals surface area contributed by atoms with Crippen LogP contribution < -0.4 is 20.1 Å². The van der Waals surface area contributed by atoms with Gasteiger partial charge in [-0.15, -0.1) is 5.20 Å². The van der Waals surface area contributed by atoms with Crippen LogP contribution in [0.4, 0.5) is 5.69 Å². The number of hydrogen-bond acceptors (Lipinski definition) is 4. The van der Waals surface area contributed by atoms with Crippen LogP contribution in [0.25, 0.3) is 0 Å². The smallest absolute Gasteiger partial charge is 0.417 e. The number of nitrogens with one attached hydrogen (secondary N) is 2. The molecule has 0 atom stereocenters. The lowest BCUT2D eigenvalue weighted by Crippen LogP contribution is -2.18. The first-order valence-corrected chi connectivity index (χ1v) is 5.89. The first kappa shape index (κ1) is 12.8. The van der Waals surface area contributed by atoms with Crippen molar-refractivity contribution in [2.75, 3.05) is 19.6 Å². The second kappa shape index (κ2) is 5.18. The molecule has 1 aromatic carbocycles. The van der Waals surface area contributed by atoms with Crippen molar-refractivity contribution in [3.05, 3.63) is 18.2 Å². The van der Waals surface area contributed by atoms with Gasteiger partial charge in [0.05, 0.1) is 19.9 Å². The average molecular weight is 248 g/mol. The van der Waals surface area contributed by atoms with Gasteiger partial charge < -0.3 is 24.7 Å². The summed E-state index contributed by atoms with van der Waals surface area (Å²) in [5.74, 6) is 0.811. The molecule has 0 unspecified atom stereocenters. The Morgan fingerprint density at radius 3 is 2.44 bits per heavy atom. The SMILES string of the molecule is COc1cccc(NNP(=O)(O)O)c1OC. The monoisotopic (exact) mass is 248 g/mol. The summed E-state index contributed by atoms with van der Waals surface area (Å²) in [5, 5.41) is 1.85. The van der Waals surface area contributed by atoms with Crippen molar-refractivity contribution in [1.29, 1.82) is 0 Å². The Balaban J connectivity index is 2.91. The predicted molar refractivity (Wildman–Crippen MR) is 58.3 cm³/mol. The molecule has 16 heavy (non-hydrogen) atoms. The third-order valence-electron chi connectivity index (χ3n) is 1.74. The highest BCUT2D eigenvalue weighted by molar-refractivity contribution is 7.49. The molecule has 0 spiro atoms. The van der Waals surface area contributed by atoms with E-state index < -0.39 is 7.75 Å². The molecular formula is C8H13N2O5P.